The molecule has 2 N–H and O–H groups in total. The summed E-state index contributed by atoms with van der Waals surface area (Å²) in [5.74, 6) is 0.712. The summed E-state index contributed by atoms with van der Waals surface area (Å²) in [5.41, 5.74) is 1.03. The highest BCUT2D eigenvalue weighted by Crippen LogP contribution is 2.22. The van der Waals surface area contributed by atoms with Crippen molar-refractivity contribution in [3.8, 4) is 5.75 Å². The lowest BCUT2D eigenvalue weighted by Gasteiger charge is -2.35. The summed E-state index contributed by atoms with van der Waals surface area (Å²) in [6.45, 7) is 1.93. The van der Waals surface area contributed by atoms with E-state index in [1.54, 1.807) is 7.11 Å². The second-order valence-corrected chi connectivity index (χ2v) is 6.84. The fraction of sp³-hybridized carbons (Fsp3) is 0.579. The van der Waals surface area contributed by atoms with Crippen LogP contribution in [0.2, 0.25) is 0 Å². The summed E-state index contributed by atoms with van der Waals surface area (Å²) >= 11 is 0. The summed E-state index contributed by atoms with van der Waals surface area (Å²) in [4.78, 5) is 26.8. The fourth-order valence-corrected chi connectivity index (χ4v) is 3.76. The van der Waals surface area contributed by atoms with Crippen molar-refractivity contribution in [2.75, 3.05) is 20.2 Å². The maximum Gasteiger partial charge on any atom is 0.237 e. The first kappa shape index (κ1) is 17.7. The molecule has 2 aliphatic rings. The van der Waals surface area contributed by atoms with E-state index in [9.17, 15) is 9.59 Å². The van der Waals surface area contributed by atoms with Gasteiger partial charge in [-0.05, 0) is 18.9 Å². The summed E-state index contributed by atoms with van der Waals surface area (Å²) in [7, 11) is 1.65. The van der Waals surface area contributed by atoms with Crippen LogP contribution in [-0.4, -0.2) is 49.0 Å². The highest BCUT2D eigenvalue weighted by Gasteiger charge is 2.32. The van der Waals surface area contributed by atoms with E-state index in [0.717, 1.165) is 30.7 Å². The number of hydrogen-bond donors (Lipinski definition) is 2. The van der Waals surface area contributed by atoms with Crippen LogP contribution in [0.3, 0.4) is 0 Å². The number of methoxy groups -OCH3 is 1. The summed E-state index contributed by atoms with van der Waals surface area (Å²) in [6.07, 6.45) is 4.65. The number of carbonyl (C=O) groups is 2. The van der Waals surface area contributed by atoms with Crippen molar-refractivity contribution in [3.05, 3.63) is 29.8 Å². The van der Waals surface area contributed by atoms with Crippen molar-refractivity contribution in [3.63, 3.8) is 0 Å². The molecule has 1 saturated heterocycles. The van der Waals surface area contributed by atoms with E-state index in [-0.39, 0.29) is 24.3 Å². The zero-order valence-electron chi connectivity index (χ0n) is 14.8. The molecule has 0 unspecified atom stereocenters. The lowest BCUT2D eigenvalue weighted by atomic mass is 10.1. The molecule has 0 spiro atoms. The van der Waals surface area contributed by atoms with Crippen molar-refractivity contribution >= 4 is 11.8 Å². The van der Waals surface area contributed by atoms with E-state index in [1.807, 2.05) is 24.3 Å². The molecule has 0 bridgehead atoms. The van der Waals surface area contributed by atoms with Crippen LogP contribution in [0.5, 0.6) is 5.75 Å². The number of amides is 2. The third kappa shape index (κ3) is 4.51. The van der Waals surface area contributed by atoms with Crippen LogP contribution in [0, 0.1) is 0 Å². The predicted molar refractivity (Wildman–Crippen MR) is 95.2 cm³/mol. The summed E-state index contributed by atoms with van der Waals surface area (Å²) in [5, 5.41) is 5.97. The normalized spacial score (nSPS) is 21.8. The van der Waals surface area contributed by atoms with Gasteiger partial charge in [0.05, 0.1) is 19.6 Å². The number of nitrogens with zero attached hydrogens (tertiary/aromatic N) is 1. The second-order valence-electron chi connectivity index (χ2n) is 6.84. The second kappa shape index (κ2) is 8.34. The highest BCUT2D eigenvalue weighted by atomic mass is 16.5. The molecule has 2 amide bonds. The Bertz CT molecular complexity index is 614. The van der Waals surface area contributed by atoms with Crippen molar-refractivity contribution in [1.29, 1.82) is 0 Å². The smallest absolute Gasteiger partial charge is 0.237 e. The van der Waals surface area contributed by atoms with E-state index >= 15 is 0 Å². The van der Waals surface area contributed by atoms with Gasteiger partial charge in [-0.15, -0.1) is 0 Å². The van der Waals surface area contributed by atoms with Gasteiger partial charge in [0.15, 0.2) is 0 Å². The van der Waals surface area contributed by atoms with E-state index in [1.165, 1.54) is 12.8 Å². The minimum atomic E-state index is -0.430. The topological polar surface area (TPSA) is 70.7 Å². The largest absolute Gasteiger partial charge is 0.496 e. The van der Waals surface area contributed by atoms with Crippen LogP contribution in [0.4, 0.5) is 0 Å². The van der Waals surface area contributed by atoms with Crippen LogP contribution in [0.15, 0.2) is 24.3 Å². The minimum Gasteiger partial charge on any atom is -0.496 e. The molecule has 1 aromatic carbocycles. The molecular weight excluding hydrogens is 318 g/mol. The van der Waals surface area contributed by atoms with Crippen LogP contribution in [-0.2, 0) is 16.1 Å². The van der Waals surface area contributed by atoms with Crippen molar-refractivity contribution < 1.29 is 14.3 Å². The molecule has 1 heterocycles. The molecule has 1 aliphatic heterocycles. The van der Waals surface area contributed by atoms with Gasteiger partial charge in [-0.1, -0.05) is 31.0 Å². The number of para-hydroxylation sites is 1. The van der Waals surface area contributed by atoms with Crippen LogP contribution in [0.25, 0.3) is 0 Å². The minimum absolute atomic E-state index is 0.0287. The Balaban J connectivity index is 1.66. The predicted octanol–water partition coefficient (Wildman–Crippen LogP) is 1.44. The zero-order valence-corrected chi connectivity index (χ0v) is 14.8. The molecule has 1 saturated carbocycles. The zero-order chi connectivity index (χ0) is 17.6. The summed E-state index contributed by atoms with van der Waals surface area (Å²) < 4.78 is 5.41. The van der Waals surface area contributed by atoms with Gasteiger partial charge in [0.1, 0.15) is 5.75 Å². The molecule has 6 heteroatoms. The SMILES string of the molecule is COc1ccccc1CN1CCNC(=O)[C@H]1CC(=O)NC1CCCC1. The van der Waals surface area contributed by atoms with Gasteiger partial charge in [0.25, 0.3) is 0 Å². The Morgan fingerprint density at radius 2 is 2.08 bits per heavy atom. The molecule has 2 fully saturated rings. The lowest BCUT2D eigenvalue weighted by Crippen LogP contribution is -2.56. The number of nitrogens with one attached hydrogen (secondary N) is 2. The standard InChI is InChI=1S/C19H27N3O3/c1-25-17-9-5-2-6-14(17)13-22-11-10-20-19(24)16(22)12-18(23)21-15-7-3-4-8-15/h2,5-6,9,15-16H,3-4,7-8,10-13H2,1H3,(H,20,24)(H,21,23)/t16-/m1/s1. The molecule has 0 aromatic heterocycles. The summed E-state index contributed by atoms with van der Waals surface area (Å²) in [6, 6.07) is 7.66. The van der Waals surface area contributed by atoms with Gasteiger partial charge in [-0.2, -0.15) is 0 Å². The molecule has 1 aliphatic carbocycles. The van der Waals surface area contributed by atoms with Gasteiger partial charge >= 0.3 is 0 Å². The average Bonchev–Trinajstić information content (AvgIpc) is 3.11. The molecular formula is C19H27N3O3. The Morgan fingerprint density at radius 1 is 1.32 bits per heavy atom. The Kier molecular flexibility index (Phi) is 5.91. The molecule has 136 valence electrons. The van der Waals surface area contributed by atoms with Gasteiger partial charge in [-0.3, -0.25) is 14.5 Å². The van der Waals surface area contributed by atoms with Crippen molar-refractivity contribution in [2.24, 2.45) is 0 Å². The number of ether oxygens (including phenoxy) is 1. The number of rotatable bonds is 6. The fourth-order valence-electron chi connectivity index (χ4n) is 3.76. The number of hydrogen-bond acceptors (Lipinski definition) is 4. The van der Waals surface area contributed by atoms with E-state index in [0.29, 0.717) is 13.1 Å². The van der Waals surface area contributed by atoms with Gasteiger partial charge in [-0.25, -0.2) is 0 Å². The molecule has 3 rings (SSSR count). The quantitative estimate of drug-likeness (QED) is 0.819. The molecule has 6 nitrogen and oxygen atoms in total. The number of benzene rings is 1. The first-order chi connectivity index (χ1) is 12.2. The monoisotopic (exact) mass is 345 g/mol. The Labute approximate surface area is 148 Å². The molecule has 25 heavy (non-hydrogen) atoms. The van der Waals surface area contributed by atoms with Crippen LogP contribution in [0.1, 0.15) is 37.7 Å². The Morgan fingerprint density at radius 3 is 2.84 bits per heavy atom. The average molecular weight is 345 g/mol. The van der Waals surface area contributed by atoms with Crippen LogP contribution < -0.4 is 15.4 Å². The maximum absolute atomic E-state index is 12.4. The van der Waals surface area contributed by atoms with Gasteiger partial charge in [0.2, 0.25) is 11.8 Å². The first-order valence-electron chi connectivity index (χ1n) is 9.10. The number of carbonyl (C=O) groups excluding carboxylic acids is 2. The van der Waals surface area contributed by atoms with Gasteiger partial charge < -0.3 is 15.4 Å². The molecule has 1 aromatic rings. The highest BCUT2D eigenvalue weighted by molar-refractivity contribution is 5.88. The van der Waals surface area contributed by atoms with Crippen molar-refractivity contribution in [2.45, 2.75) is 50.7 Å². The van der Waals surface area contributed by atoms with Gasteiger partial charge in [0, 0.05) is 31.2 Å². The maximum atomic E-state index is 12.4. The van der Waals surface area contributed by atoms with E-state index < -0.39 is 6.04 Å². The molecule has 1 atom stereocenters. The third-order valence-corrected chi connectivity index (χ3v) is 5.11. The van der Waals surface area contributed by atoms with Crippen LogP contribution >= 0.6 is 0 Å². The van der Waals surface area contributed by atoms with E-state index in [4.69, 9.17) is 4.74 Å². The lowest BCUT2D eigenvalue weighted by molar-refractivity contribution is -0.134. The van der Waals surface area contributed by atoms with E-state index in [2.05, 4.69) is 15.5 Å². The molecule has 0 radical (unpaired) electrons. The third-order valence-electron chi connectivity index (χ3n) is 5.11. The number of piperazine rings is 1. The van der Waals surface area contributed by atoms with Crippen molar-refractivity contribution in [1.82, 2.24) is 15.5 Å². The first-order valence-corrected chi connectivity index (χ1v) is 9.10. The Hall–Kier alpha value is -2.08.